The van der Waals surface area contributed by atoms with Gasteiger partial charge in [0.25, 0.3) is 0 Å². The summed E-state index contributed by atoms with van der Waals surface area (Å²) in [6.07, 6.45) is 5.66. The van der Waals surface area contributed by atoms with Gasteiger partial charge >= 0.3 is 5.69 Å². The van der Waals surface area contributed by atoms with E-state index in [-0.39, 0.29) is 11.5 Å². The Labute approximate surface area is 172 Å². The zero-order valence-electron chi connectivity index (χ0n) is 15.6. The molecular weight excluding hydrogens is 424 g/mol. The minimum absolute atomic E-state index is 0.109. The Morgan fingerprint density at radius 1 is 1.18 bits per heavy atom. The summed E-state index contributed by atoms with van der Waals surface area (Å²) in [6, 6.07) is 7.84. The van der Waals surface area contributed by atoms with Crippen molar-refractivity contribution in [3.05, 3.63) is 50.6 Å². The Morgan fingerprint density at radius 2 is 1.89 bits per heavy atom. The van der Waals surface area contributed by atoms with Crippen LogP contribution in [0.4, 0.5) is 17.5 Å². The van der Waals surface area contributed by atoms with E-state index in [2.05, 4.69) is 36.5 Å². The van der Waals surface area contributed by atoms with Gasteiger partial charge in [-0.1, -0.05) is 34.1 Å². The smallest absolute Gasteiger partial charge is 0.329 e. The van der Waals surface area contributed by atoms with Crippen molar-refractivity contribution in [2.75, 3.05) is 23.7 Å². The van der Waals surface area contributed by atoms with Gasteiger partial charge < -0.3 is 16.4 Å². The molecule has 1 aromatic heterocycles. The standard InChI is InChI=1S/C19H25BrN6O2/c20-16-4-2-1-3-15(16)11-23-19-24-12-17(26(27)28)18(25-19)22-10-14-7-5-13(9-21)6-8-14/h1-4,12-14H,5-11,21H2,(H2,22,23,24,25). The molecule has 1 aliphatic rings. The summed E-state index contributed by atoms with van der Waals surface area (Å²) in [6.45, 7) is 1.92. The molecule has 28 heavy (non-hydrogen) atoms. The van der Waals surface area contributed by atoms with Crippen molar-refractivity contribution in [3.8, 4) is 0 Å². The van der Waals surface area contributed by atoms with Gasteiger partial charge in [-0.05, 0) is 55.7 Å². The SMILES string of the molecule is NCC1CCC(CNc2nc(NCc3ccccc3Br)ncc2[N+](=O)[O-])CC1. The lowest BCUT2D eigenvalue weighted by atomic mass is 9.82. The van der Waals surface area contributed by atoms with Crippen molar-refractivity contribution in [3.63, 3.8) is 0 Å². The molecule has 9 heteroatoms. The Balaban J connectivity index is 1.64. The maximum Gasteiger partial charge on any atom is 0.329 e. The van der Waals surface area contributed by atoms with Crippen LogP contribution in [-0.2, 0) is 6.54 Å². The van der Waals surface area contributed by atoms with Crippen LogP contribution in [0.25, 0.3) is 0 Å². The van der Waals surface area contributed by atoms with E-state index in [0.717, 1.165) is 42.3 Å². The lowest BCUT2D eigenvalue weighted by Crippen LogP contribution is -2.25. The maximum atomic E-state index is 11.3. The number of hydrogen-bond donors (Lipinski definition) is 3. The number of aromatic nitrogens is 2. The predicted molar refractivity (Wildman–Crippen MR) is 113 cm³/mol. The van der Waals surface area contributed by atoms with Crippen LogP contribution in [0.5, 0.6) is 0 Å². The molecule has 0 spiro atoms. The molecular formula is C19H25BrN6O2. The van der Waals surface area contributed by atoms with Crippen LogP contribution in [-0.4, -0.2) is 28.0 Å². The molecule has 2 aromatic rings. The molecule has 8 nitrogen and oxygen atoms in total. The van der Waals surface area contributed by atoms with Crippen molar-refractivity contribution < 1.29 is 4.92 Å². The van der Waals surface area contributed by atoms with Gasteiger partial charge in [0.2, 0.25) is 11.8 Å². The quantitative estimate of drug-likeness (QED) is 0.413. The number of benzene rings is 1. The van der Waals surface area contributed by atoms with Gasteiger partial charge in [0.1, 0.15) is 6.20 Å². The molecule has 0 amide bonds. The zero-order valence-corrected chi connectivity index (χ0v) is 17.2. The van der Waals surface area contributed by atoms with Crippen LogP contribution in [0.15, 0.2) is 34.9 Å². The van der Waals surface area contributed by atoms with Gasteiger partial charge in [-0.15, -0.1) is 0 Å². The Bertz CT molecular complexity index is 811. The summed E-state index contributed by atoms with van der Waals surface area (Å²) in [7, 11) is 0. The van der Waals surface area contributed by atoms with E-state index >= 15 is 0 Å². The van der Waals surface area contributed by atoms with E-state index in [4.69, 9.17) is 5.73 Å². The van der Waals surface area contributed by atoms with Crippen LogP contribution in [0, 0.1) is 22.0 Å². The van der Waals surface area contributed by atoms with E-state index in [1.807, 2.05) is 24.3 Å². The third-order valence-electron chi connectivity index (χ3n) is 5.22. The highest BCUT2D eigenvalue weighted by atomic mass is 79.9. The van der Waals surface area contributed by atoms with E-state index in [9.17, 15) is 10.1 Å². The Kier molecular flexibility index (Phi) is 7.16. The van der Waals surface area contributed by atoms with E-state index in [1.54, 1.807) is 0 Å². The summed E-state index contributed by atoms with van der Waals surface area (Å²) in [5, 5.41) is 17.6. The minimum Gasteiger partial charge on any atom is -0.364 e. The fourth-order valence-electron chi connectivity index (χ4n) is 3.45. The molecule has 0 aliphatic heterocycles. The van der Waals surface area contributed by atoms with Crippen LogP contribution < -0.4 is 16.4 Å². The molecule has 4 N–H and O–H groups in total. The number of nitro groups is 1. The zero-order chi connectivity index (χ0) is 19.9. The molecule has 1 aromatic carbocycles. The monoisotopic (exact) mass is 448 g/mol. The molecule has 1 heterocycles. The summed E-state index contributed by atoms with van der Waals surface area (Å²) in [4.78, 5) is 19.3. The van der Waals surface area contributed by atoms with Gasteiger partial charge in [0.15, 0.2) is 0 Å². The van der Waals surface area contributed by atoms with Crippen molar-refractivity contribution in [1.82, 2.24) is 9.97 Å². The summed E-state index contributed by atoms with van der Waals surface area (Å²) < 4.78 is 0.982. The summed E-state index contributed by atoms with van der Waals surface area (Å²) >= 11 is 3.50. The van der Waals surface area contributed by atoms with Crippen molar-refractivity contribution >= 4 is 33.4 Å². The fourth-order valence-corrected chi connectivity index (χ4v) is 3.88. The molecule has 3 rings (SSSR count). The molecule has 1 aliphatic carbocycles. The first-order chi connectivity index (χ1) is 13.6. The van der Waals surface area contributed by atoms with Crippen molar-refractivity contribution in [2.45, 2.75) is 32.2 Å². The molecule has 0 saturated heterocycles. The highest BCUT2D eigenvalue weighted by Crippen LogP contribution is 2.29. The molecule has 0 atom stereocenters. The lowest BCUT2D eigenvalue weighted by Gasteiger charge is -2.27. The van der Waals surface area contributed by atoms with Gasteiger partial charge in [0, 0.05) is 17.6 Å². The first kappa shape index (κ1) is 20.5. The average Bonchev–Trinajstić information content (AvgIpc) is 2.72. The van der Waals surface area contributed by atoms with Crippen molar-refractivity contribution in [1.29, 1.82) is 0 Å². The number of nitrogens with two attached hydrogens (primary N) is 1. The highest BCUT2D eigenvalue weighted by Gasteiger charge is 2.22. The number of nitrogens with zero attached hydrogens (tertiary/aromatic N) is 3. The van der Waals surface area contributed by atoms with Crippen molar-refractivity contribution in [2.24, 2.45) is 17.6 Å². The van der Waals surface area contributed by atoms with Crippen LogP contribution in [0.1, 0.15) is 31.2 Å². The predicted octanol–water partition coefficient (Wildman–Crippen LogP) is 3.94. The fraction of sp³-hybridized carbons (Fsp3) is 0.474. The maximum absolute atomic E-state index is 11.3. The summed E-state index contributed by atoms with van der Waals surface area (Å²) in [5.41, 5.74) is 6.69. The third-order valence-corrected chi connectivity index (χ3v) is 5.99. The minimum atomic E-state index is -0.453. The molecule has 150 valence electrons. The second kappa shape index (κ2) is 9.79. The van der Waals surface area contributed by atoms with Crippen LogP contribution >= 0.6 is 15.9 Å². The topological polar surface area (TPSA) is 119 Å². The molecule has 1 fully saturated rings. The number of hydrogen-bond acceptors (Lipinski definition) is 7. The summed E-state index contributed by atoms with van der Waals surface area (Å²) in [5.74, 6) is 1.71. The van der Waals surface area contributed by atoms with E-state index in [1.165, 1.54) is 6.20 Å². The number of halogens is 1. The van der Waals surface area contributed by atoms with Crippen LogP contribution in [0.3, 0.4) is 0 Å². The molecule has 0 radical (unpaired) electrons. The van der Waals surface area contributed by atoms with E-state index in [0.29, 0.717) is 30.9 Å². The molecule has 1 saturated carbocycles. The largest absolute Gasteiger partial charge is 0.364 e. The highest BCUT2D eigenvalue weighted by molar-refractivity contribution is 9.10. The first-order valence-electron chi connectivity index (χ1n) is 9.49. The van der Waals surface area contributed by atoms with Gasteiger partial charge in [-0.25, -0.2) is 4.98 Å². The van der Waals surface area contributed by atoms with E-state index < -0.39 is 4.92 Å². The molecule has 0 bridgehead atoms. The van der Waals surface area contributed by atoms with Gasteiger partial charge in [-0.2, -0.15) is 4.98 Å². The number of nitrogens with one attached hydrogen (secondary N) is 2. The second-order valence-corrected chi connectivity index (χ2v) is 7.99. The normalized spacial score (nSPS) is 19.2. The second-order valence-electron chi connectivity index (χ2n) is 7.13. The first-order valence-corrected chi connectivity index (χ1v) is 10.3. The number of rotatable bonds is 8. The average molecular weight is 449 g/mol. The van der Waals surface area contributed by atoms with Crippen LogP contribution in [0.2, 0.25) is 0 Å². The third kappa shape index (κ3) is 5.39. The number of anilines is 2. The van der Waals surface area contributed by atoms with Gasteiger partial charge in [0.05, 0.1) is 4.92 Å². The van der Waals surface area contributed by atoms with Gasteiger partial charge in [-0.3, -0.25) is 10.1 Å². The Morgan fingerprint density at radius 3 is 2.57 bits per heavy atom. The Hall–Kier alpha value is -2.26. The molecule has 0 unspecified atom stereocenters. The lowest BCUT2D eigenvalue weighted by molar-refractivity contribution is -0.384.